The molecule has 1 aromatic carbocycles. The van der Waals surface area contributed by atoms with Crippen LogP contribution in [0.15, 0.2) is 18.2 Å². The lowest BCUT2D eigenvalue weighted by atomic mass is 9.83. The van der Waals surface area contributed by atoms with Gasteiger partial charge in [-0.2, -0.15) is 0 Å². The molecule has 0 saturated carbocycles. The molecular formula is C11H13ClO. The highest BCUT2D eigenvalue weighted by Gasteiger charge is 2.19. The molecule has 0 heterocycles. The Kier molecular flexibility index (Phi) is 2.56. The zero-order chi connectivity index (χ0) is 9.26. The number of aliphatic hydroxyl groups is 1. The number of hydrogen-bond acceptors (Lipinski definition) is 1. The van der Waals surface area contributed by atoms with Crippen molar-refractivity contribution in [3.8, 4) is 0 Å². The van der Waals surface area contributed by atoms with Crippen LogP contribution in [0.5, 0.6) is 0 Å². The van der Waals surface area contributed by atoms with Crippen molar-refractivity contribution in [3.63, 3.8) is 0 Å². The van der Waals surface area contributed by atoms with E-state index in [9.17, 15) is 5.11 Å². The minimum Gasteiger partial charge on any atom is -0.396 e. The van der Waals surface area contributed by atoms with Crippen LogP contribution in [0.3, 0.4) is 0 Å². The van der Waals surface area contributed by atoms with Gasteiger partial charge in [0.1, 0.15) is 0 Å². The van der Waals surface area contributed by atoms with Gasteiger partial charge in [-0.1, -0.05) is 17.7 Å². The molecule has 0 spiro atoms. The normalized spacial score (nSPS) is 21.2. The Bertz CT molecular complexity index is 309. The second-order valence-electron chi connectivity index (χ2n) is 3.61. The maximum Gasteiger partial charge on any atom is 0.0499 e. The van der Waals surface area contributed by atoms with Gasteiger partial charge in [0.05, 0.1) is 0 Å². The van der Waals surface area contributed by atoms with Gasteiger partial charge in [0.2, 0.25) is 0 Å². The van der Waals surface area contributed by atoms with E-state index in [4.69, 9.17) is 11.6 Å². The number of hydrogen-bond donors (Lipinski definition) is 1. The lowest BCUT2D eigenvalue weighted by Gasteiger charge is -2.23. The molecule has 2 rings (SSSR count). The molecule has 0 amide bonds. The molecule has 1 aliphatic carbocycles. The molecule has 1 aromatic rings. The quantitative estimate of drug-likeness (QED) is 0.733. The fraction of sp³-hybridized carbons (Fsp3) is 0.455. The predicted molar refractivity (Wildman–Crippen MR) is 54.2 cm³/mol. The molecule has 13 heavy (non-hydrogen) atoms. The predicted octanol–water partition coefficient (Wildman–Crippen LogP) is 2.75. The van der Waals surface area contributed by atoms with Gasteiger partial charge in [-0.05, 0) is 42.5 Å². The summed E-state index contributed by atoms with van der Waals surface area (Å²) in [6.45, 7) is 0.243. The minimum atomic E-state index is 0.243. The van der Waals surface area contributed by atoms with Crippen LogP contribution in [0.1, 0.15) is 29.9 Å². The van der Waals surface area contributed by atoms with E-state index in [1.54, 1.807) is 0 Å². The maximum atomic E-state index is 9.19. The fourth-order valence-electron chi connectivity index (χ4n) is 2.06. The van der Waals surface area contributed by atoms with Crippen LogP contribution in [0.4, 0.5) is 0 Å². The summed E-state index contributed by atoms with van der Waals surface area (Å²) in [4.78, 5) is 0. The highest BCUT2D eigenvalue weighted by Crippen LogP contribution is 2.32. The molecule has 2 heteroatoms. The number of rotatable bonds is 1. The van der Waals surface area contributed by atoms with Crippen molar-refractivity contribution >= 4 is 11.6 Å². The van der Waals surface area contributed by atoms with Crippen molar-refractivity contribution in [1.29, 1.82) is 0 Å². The average Bonchev–Trinajstić information content (AvgIpc) is 2.17. The Morgan fingerprint density at radius 3 is 3.08 bits per heavy atom. The van der Waals surface area contributed by atoms with Crippen LogP contribution in [0.25, 0.3) is 0 Å². The first-order chi connectivity index (χ1) is 6.31. The SMILES string of the molecule is OCC1CCCc2ccc(Cl)cc21. The standard InChI is InChI=1S/C11H13ClO/c12-10-5-4-8-2-1-3-9(7-13)11(8)6-10/h4-6,9,13H,1-3,7H2. The summed E-state index contributed by atoms with van der Waals surface area (Å²) < 4.78 is 0. The molecule has 0 aliphatic heterocycles. The van der Waals surface area contributed by atoms with Crippen LogP contribution in [-0.4, -0.2) is 11.7 Å². The van der Waals surface area contributed by atoms with E-state index in [2.05, 4.69) is 6.07 Å². The Balaban J connectivity index is 2.41. The molecular weight excluding hydrogens is 184 g/mol. The van der Waals surface area contributed by atoms with E-state index < -0.39 is 0 Å². The molecule has 1 nitrogen and oxygen atoms in total. The van der Waals surface area contributed by atoms with Gasteiger partial charge in [-0.3, -0.25) is 0 Å². The molecule has 1 unspecified atom stereocenters. The second kappa shape index (κ2) is 3.69. The van der Waals surface area contributed by atoms with Gasteiger partial charge >= 0.3 is 0 Å². The number of fused-ring (bicyclic) bond motifs is 1. The Labute approximate surface area is 83.3 Å². The van der Waals surface area contributed by atoms with Crippen LogP contribution < -0.4 is 0 Å². The number of benzene rings is 1. The Morgan fingerprint density at radius 1 is 1.46 bits per heavy atom. The highest BCUT2D eigenvalue weighted by molar-refractivity contribution is 6.30. The lowest BCUT2D eigenvalue weighted by Crippen LogP contribution is -2.12. The van der Waals surface area contributed by atoms with Crippen molar-refractivity contribution in [2.24, 2.45) is 0 Å². The zero-order valence-corrected chi connectivity index (χ0v) is 8.22. The van der Waals surface area contributed by atoms with E-state index in [1.165, 1.54) is 17.5 Å². The van der Waals surface area contributed by atoms with E-state index in [-0.39, 0.29) is 6.61 Å². The number of aliphatic hydroxyl groups excluding tert-OH is 1. The molecule has 1 atom stereocenters. The molecule has 1 N–H and O–H groups in total. The van der Waals surface area contributed by atoms with Crippen LogP contribution in [0.2, 0.25) is 5.02 Å². The van der Waals surface area contributed by atoms with E-state index >= 15 is 0 Å². The largest absolute Gasteiger partial charge is 0.396 e. The lowest BCUT2D eigenvalue weighted by molar-refractivity contribution is 0.253. The summed E-state index contributed by atoms with van der Waals surface area (Å²) in [5.74, 6) is 0.308. The summed E-state index contributed by atoms with van der Waals surface area (Å²) in [6, 6.07) is 6.01. The summed E-state index contributed by atoms with van der Waals surface area (Å²) in [7, 11) is 0. The Morgan fingerprint density at radius 2 is 2.31 bits per heavy atom. The zero-order valence-electron chi connectivity index (χ0n) is 7.46. The van der Waals surface area contributed by atoms with E-state index in [0.29, 0.717) is 5.92 Å². The average molecular weight is 197 g/mol. The summed E-state index contributed by atoms with van der Waals surface area (Å²) in [5, 5.41) is 9.96. The summed E-state index contributed by atoms with van der Waals surface area (Å²) in [6.07, 6.45) is 3.40. The maximum absolute atomic E-state index is 9.19. The first kappa shape index (κ1) is 9.04. The molecule has 1 aliphatic rings. The third-order valence-corrected chi connectivity index (χ3v) is 3.00. The molecule has 0 fully saturated rings. The topological polar surface area (TPSA) is 20.2 Å². The third-order valence-electron chi connectivity index (χ3n) is 2.77. The first-order valence-electron chi connectivity index (χ1n) is 4.70. The van der Waals surface area contributed by atoms with Crippen molar-refractivity contribution in [2.75, 3.05) is 6.61 Å². The smallest absolute Gasteiger partial charge is 0.0499 e. The van der Waals surface area contributed by atoms with Crippen molar-refractivity contribution < 1.29 is 5.11 Å². The van der Waals surface area contributed by atoms with Crippen LogP contribution >= 0.6 is 11.6 Å². The Hall–Kier alpha value is -0.530. The van der Waals surface area contributed by atoms with Crippen molar-refractivity contribution in [1.82, 2.24) is 0 Å². The first-order valence-corrected chi connectivity index (χ1v) is 5.08. The minimum absolute atomic E-state index is 0.243. The van der Waals surface area contributed by atoms with Crippen LogP contribution in [0, 0.1) is 0 Å². The van der Waals surface area contributed by atoms with Crippen molar-refractivity contribution in [3.05, 3.63) is 34.3 Å². The molecule has 0 bridgehead atoms. The van der Waals surface area contributed by atoms with Gasteiger partial charge in [0.15, 0.2) is 0 Å². The van der Waals surface area contributed by atoms with Gasteiger partial charge in [-0.15, -0.1) is 0 Å². The van der Waals surface area contributed by atoms with E-state index in [1.807, 2.05) is 12.1 Å². The second-order valence-corrected chi connectivity index (χ2v) is 4.05. The monoisotopic (exact) mass is 196 g/mol. The van der Waals surface area contributed by atoms with Crippen molar-refractivity contribution in [2.45, 2.75) is 25.2 Å². The van der Waals surface area contributed by atoms with Gasteiger partial charge in [0, 0.05) is 17.5 Å². The fourth-order valence-corrected chi connectivity index (χ4v) is 2.24. The number of halogens is 1. The molecule has 70 valence electrons. The molecule has 0 radical (unpaired) electrons. The highest BCUT2D eigenvalue weighted by atomic mass is 35.5. The van der Waals surface area contributed by atoms with Gasteiger partial charge in [0.25, 0.3) is 0 Å². The molecule has 0 saturated heterocycles. The summed E-state index contributed by atoms with van der Waals surface area (Å²) >= 11 is 5.92. The number of aryl methyl sites for hydroxylation is 1. The summed E-state index contributed by atoms with van der Waals surface area (Å²) in [5.41, 5.74) is 2.61. The third kappa shape index (κ3) is 1.72. The van der Waals surface area contributed by atoms with E-state index in [0.717, 1.165) is 17.9 Å². The molecule has 0 aromatic heterocycles. The van der Waals surface area contributed by atoms with Gasteiger partial charge in [-0.25, -0.2) is 0 Å². The van der Waals surface area contributed by atoms with Crippen LogP contribution in [-0.2, 0) is 6.42 Å². The van der Waals surface area contributed by atoms with Gasteiger partial charge < -0.3 is 5.11 Å².